The third-order valence-electron chi connectivity index (χ3n) is 2.26. The molecule has 1 aromatic carbocycles. The van der Waals surface area contributed by atoms with Crippen molar-refractivity contribution in [2.75, 3.05) is 25.7 Å². The van der Waals surface area contributed by atoms with E-state index in [1.54, 1.807) is 44.2 Å². The smallest absolute Gasteiger partial charge is 0.172 e. The van der Waals surface area contributed by atoms with Crippen LogP contribution in [0.4, 0.5) is 0 Å². The molecular formula is C13H18O3S. The molecule has 0 radical (unpaired) electrons. The molecule has 0 aromatic heterocycles. The predicted octanol–water partition coefficient (Wildman–Crippen LogP) is 3.03. The van der Waals surface area contributed by atoms with E-state index >= 15 is 0 Å². The Balaban J connectivity index is 2.77. The normalized spacial score (nSPS) is 10.1. The number of benzene rings is 1. The van der Waals surface area contributed by atoms with Gasteiger partial charge in [-0.25, -0.2) is 0 Å². The zero-order valence-electron chi connectivity index (χ0n) is 10.5. The molecule has 4 heteroatoms. The maximum atomic E-state index is 11.9. The largest absolute Gasteiger partial charge is 0.497 e. The van der Waals surface area contributed by atoms with Crippen molar-refractivity contribution >= 4 is 17.5 Å². The van der Waals surface area contributed by atoms with E-state index in [0.717, 1.165) is 12.2 Å². The van der Waals surface area contributed by atoms with Crippen LogP contribution < -0.4 is 9.47 Å². The van der Waals surface area contributed by atoms with Crippen LogP contribution in [0.1, 0.15) is 23.7 Å². The highest BCUT2D eigenvalue weighted by Gasteiger charge is 2.09. The number of carbonyl (C=O) groups excluding carboxylic acids is 1. The maximum Gasteiger partial charge on any atom is 0.172 e. The highest BCUT2D eigenvalue weighted by Crippen LogP contribution is 2.23. The number of ether oxygens (including phenoxy) is 2. The summed E-state index contributed by atoms with van der Waals surface area (Å²) in [6, 6.07) is 5.25. The molecule has 0 heterocycles. The maximum absolute atomic E-state index is 11.9. The minimum absolute atomic E-state index is 0.112. The summed E-state index contributed by atoms with van der Waals surface area (Å²) in [6.45, 7) is 2.10. The third kappa shape index (κ3) is 4.30. The Hall–Kier alpha value is -1.16. The van der Waals surface area contributed by atoms with Crippen molar-refractivity contribution in [1.82, 2.24) is 0 Å². The van der Waals surface area contributed by atoms with Crippen LogP contribution in [0.2, 0.25) is 0 Å². The van der Waals surface area contributed by atoms with Gasteiger partial charge in [0, 0.05) is 11.6 Å². The number of rotatable bonds is 7. The van der Waals surface area contributed by atoms with E-state index in [-0.39, 0.29) is 5.78 Å². The van der Waals surface area contributed by atoms with Gasteiger partial charge < -0.3 is 9.47 Å². The molecule has 0 N–H and O–H groups in total. The minimum atomic E-state index is 0.112. The number of methoxy groups -OCH3 is 2. The zero-order valence-corrected chi connectivity index (χ0v) is 11.3. The molecule has 1 rings (SSSR count). The Morgan fingerprint density at radius 2 is 1.76 bits per heavy atom. The number of hydrogen-bond acceptors (Lipinski definition) is 4. The Morgan fingerprint density at radius 1 is 1.18 bits per heavy atom. The Bertz CT molecular complexity index is 355. The van der Waals surface area contributed by atoms with Crippen LogP contribution in [0.25, 0.3) is 0 Å². The van der Waals surface area contributed by atoms with Gasteiger partial charge in [-0.15, -0.1) is 0 Å². The number of Topliss-reactive ketones (excluding diaryl/α,β-unsaturated/α-hetero) is 1. The Morgan fingerprint density at radius 3 is 2.24 bits per heavy atom. The molecule has 0 saturated carbocycles. The average Bonchev–Trinajstić information content (AvgIpc) is 2.38. The third-order valence-corrected chi connectivity index (χ3v) is 3.42. The van der Waals surface area contributed by atoms with Crippen LogP contribution in [0.5, 0.6) is 11.5 Å². The van der Waals surface area contributed by atoms with Gasteiger partial charge in [-0.3, -0.25) is 4.79 Å². The zero-order chi connectivity index (χ0) is 12.7. The highest BCUT2D eigenvalue weighted by molar-refractivity contribution is 7.99. The van der Waals surface area contributed by atoms with Crippen molar-refractivity contribution in [2.24, 2.45) is 0 Å². The molecule has 0 aliphatic carbocycles. The molecule has 0 unspecified atom stereocenters. The SMILES string of the molecule is CCCSCC(=O)c1cc(OC)cc(OC)c1. The quantitative estimate of drug-likeness (QED) is 0.553. The first-order valence-corrected chi connectivity index (χ1v) is 6.70. The van der Waals surface area contributed by atoms with Crippen molar-refractivity contribution in [1.29, 1.82) is 0 Å². The number of hydrogen-bond donors (Lipinski definition) is 0. The lowest BCUT2D eigenvalue weighted by Crippen LogP contribution is -2.04. The van der Waals surface area contributed by atoms with Crippen LogP contribution in [-0.4, -0.2) is 31.5 Å². The summed E-state index contributed by atoms with van der Waals surface area (Å²) in [6.07, 6.45) is 1.08. The summed E-state index contributed by atoms with van der Waals surface area (Å²) in [4.78, 5) is 11.9. The van der Waals surface area contributed by atoms with Crippen molar-refractivity contribution in [2.45, 2.75) is 13.3 Å². The van der Waals surface area contributed by atoms with Gasteiger partial charge in [0.1, 0.15) is 11.5 Å². The monoisotopic (exact) mass is 254 g/mol. The van der Waals surface area contributed by atoms with Crippen molar-refractivity contribution in [3.8, 4) is 11.5 Å². The van der Waals surface area contributed by atoms with Gasteiger partial charge in [0.05, 0.1) is 20.0 Å². The second kappa shape index (κ2) is 7.22. The van der Waals surface area contributed by atoms with Gasteiger partial charge >= 0.3 is 0 Å². The molecule has 0 aliphatic heterocycles. The molecule has 0 saturated heterocycles. The second-order valence-electron chi connectivity index (χ2n) is 3.58. The fourth-order valence-corrected chi connectivity index (χ4v) is 2.15. The van der Waals surface area contributed by atoms with E-state index < -0.39 is 0 Å². The van der Waals surface area contributed by atoms with E-state index in [1.807, 2.05) is 0 Å². The fraction of sp³-hybridized carbons (Fsp3) is 0.462. The number of thioether (sulfide) groups is 1. The molecule has 3 nitrogen and oxygen atoms in total. The lowest BCUT2D eigenvalue weighted by Gasteiger charge is -2.07. The molecule has 0 bridgehead atoms. The van der Waals surface area contributed by atoms with Gasteiger partial charge in [0.25, 0.3) is 0 Å². The van der Waals surface area contributed by atoms with Gasteiger partial charge in [0.15, 0.2) is 5.78 Å². The summed E-state index contributed by atoms with van der Waals surface area (Å²) in [5.74, 6) is 2.92. The van der Waals surface area contributed by atoms with Gasteiger partial charge in [-0.1, -0.05) is 6.92 Å². The average molecular weight is 254 g/mol. The van der Waals surface area contributed by atoms with Crippen molar-refractivity contribution in [3.05, 3.63) is 23.8 Å². The van der Waals surface area contributed by atoms with Crippen LogP contribution in [0.3, 0.4) is 0 Å². The van der Waals surface area contributed by atoms with Crippen LogP contribution in [0.15, 0.2) is 18.2 Å². The Labute approximate surface area is 106 Å². The standard InChI is InChI=1S/C13H18O3S/c1-4-5-17-9-13(14)10-6-11(15-2)8-12(7-10)16-3/h6-8H,4-5,9H2,1-3H3. The first kappa shape index (κ1) is 13.9. The molecule has 94 valence electrons. The number of ketones is 1. The fourth-order valence-electron chi connectivity index (χ4n) is 1.36. The van der Waals surface area contributed by atoms with Gasteiger partial charge in [-0.2, -0.15) is 11.8 Å². The van der Waals surface area contributed by atoms with Crippen LogP contribution >= 0.6 is 11.8 Å². The Kier molecular flexibility index (Phi) is 5.91. The molecular weight excluding hydrogens is 236 g/mol. The van der Waals surface area contributed by atoms with Gasteiger partial charge in [0.2, 0.25) is 0 Å². The summed E-state index contributed by atoms with van der Waals surface area (Å²) in [5, 5.41) is 0. The van der Waals surface area contributed by atoms with E-state index in [1.165, 1.54) is 0 Å². The lowest BCUT2D eigenvalue weighted by atomic mass is 10.1. The predicted molar refractivity (Wildman–Crippen MR) is 71.5 cm³/mol. The highest BCUT2D eigenvalue weighted by atomic mass is 32.2. The van der Waals surface area contributed by atoms with Crippen molar-refractivity contribution < 1.29 is 14.3 Å². The summed E-state index contributed by atoms with van der Waals surface area (Å²) >= 11 is 1.65. The first-order valence-electron chi connectivity index (χ1n) is 5.55. The molecule has 0 spiro atoms. The summed E-state index contributed by atoms with van der Waals surface area (Å²) in [5.41, 5.74) is 0.643. The lowest BCUT2D eigenvalue weighted by molar-refractivity contribution is 0.102. The second-order valence-corrected chi connectivity index (χ2v) is 4.68. The molecule has 0 aliphatic rings. The van der Waals surface area contributed by atoms with Gasteiger partial charge in [-0.05, 0) is 24.3 Å². The van der Waals surface area contributed by atoms with E-state index in [0.29, 0.717) is 22.8 Å². The van der Waals surface area contributed by atoms with Crippen LogP contribution in [0, 0.1) is 0 Å². The molecule has 17 heavy (non-hydrogen) atoms. The topological polar surface area (TPSA) is 35.5 Å². The minimum Gasteiger partial charge on any atom is -0.497 e. The van der Waals surface area contributed by atoms with E-state index in [2.05, 4.69) is 6.92 Å². The summed E-state index contributed by atoms with van der Waals surface area (Å²) < 4.78 is 10.3. The molecule has 0 fully saturated rings. The van der Waals surface area contributed by atoms with E-state index in [9.17, 15) is 4.79 Å². The van der Waals surface area contributed by atoms with Crippen LogP contribution in [-0.2, 0) is 0 Å². The summed E-state index contributed by atoms with van der Waals surface area (Å²) in [7, 11) is 3.16. The molecule has 0 atom stereocenters. The van der Waals surface area contributed by atoms with Crippen molar-refractivity contribution in [3.63, 3.8) is 0 Å². The first-order chi connectivity index (χ1) is 8.21. The molecule has 0 amide bonds. The number of carbonyl (C=O) groups is 1. The van der Waals surface area contributed by atoms with E-state index in [4.69, 9.17) is 9.47 Å². The molecule has 1 aromatic rings.